The molecule has 0 aromatic heterocycles. The fraction of sp³-hybridized carbons (Fsp3) is 0.538. The number of hydrogen-bond acceptors (Lipinski definition) is 3. The average molecular weight is 292 g/mol. The van der Waals surface area contributed by atoms with Gasteiger partial charge >= 0.3 is 0 Å². The van der Waals surface area contributed by atoms with Gasteiger partial charge in [0.05, 0.1) is 11.1 Å². The van der Waals surface area contributed by atoms with E-state index in [9.17, 15) is 10.2 Å². The van der Waals surface area contributed by atoms with Gasteiger partial charge in [-0.2, -0.15) is 0 Å². The number of hydrogen-bond donors (Lipinski definition) is 3. The van der Waals surface area contributed by atoms with Gasteiger partial charge in [-0.05, 0) is 24.5 Å². The largest absolute Gasteiger partial charge is 0.506 e. The highest BCUT2D eigenvalue weighted by Gasteiger charge is 2.10. The molecule has 1 unspecified atom stereocenters. The second-order valence-corrected chi connectivity index (χ2v) is 5.65. The predicted octanol–water partition coefficient (Wildman–Crippen LogP) is 3.20. The van der Waals surface area contributed by atoms with Crippen molar-refractivity contribution in [1.29, 1.82) is 0 Å². The second kappa shape index (κ2) is 7.19. The first-order valence-electron chi connectivity index (χ1n) is 5.95. The molecule has 0 bridgehead atoms. The summed E-state index contributed by atoms with van der Waals surface area (Å²) >= 11 is 11.7. The van der Waals surface area contributed by atoms with Crippen molar-refractivity contribution in [3.05, 3.63) is 27.7 Å². The Kier molecular flexibility index (Phi) is 6.22. The summed E-state index contributed by atoms with van der Waals surface area (Å²) in [6, 6.07) is 3.15. The van der Waals surface area contributed by atoms with E-state index < -0.39 is 0 Å². The predicted molar refractivity (Wildman–Crippen MR) is 75.3 cm³/mol. The summed E-state index contributed by atoms with van der Waals surface area (Å²) in [5.74, 6) is 0.489. The van der Waals surface area contributed by atoms with Gasteiger partial charge in [0.2, 0.25) is 0 Å². The van der Waals surface area contributed by atoms with Crippen LogP contribution in [-0.4, -0.2) is 22.9 Å². The number of nitrogens with one attached hydrogen (secondary N) is 1. The van der Waals surface area contributed by atoms with Crippen LogP contribution in [0.4, 0.5) is 0 Å². The Labute approximate surface area is 118 Å². The Balaban J connectivity index is 2.49. The molecule has 0 aliphatic carbocycles. The Morgan fingerprint density at radius 1 is 1.28 bits per heavy atom. The van der Waals surface area contributed by atoms with Crippen LogP contribution in [0.2, 0.25) is 10.0 Å². The molecule has 0 fully saturated rings. The lowest BCUT2D eigenvalue weighted by molar-refractivity contribution is 0.146. The van der Waals surface area contributed by atoms with E-state index >= 15 is 0 Å². The number of aliphatic hydroxyl groups is 1. The van der Waals surface area contributed by atoms with E-state index in [1.807, 2.05) is 0 Å². The monoisotopic (exact) mass is 291 g/mol. The van der Waals surface area contributed by atoms with Crippen molar-refractivity contribution in [1.82, 2.24) is 5.32 Å². The van der Waals surface area contributed by atoms with Crippen LogP contribution in [0.3, 0.4) is 0 Å². The number of rotatable bonds is 6. The molecule has 1 atom stereocenters. The first kappa shape index (κ1) is 15.6. The quantitative estimate of drug-likeness (QED) is 0.754. The highest BCUT2D eigenvalue weighted by Crippen LogP contribution is 2.30. The minimum atomic E-state index is -0.387. The van der Waals surface area contributed by atoms with Crippen molar-refractivity contribution < 1.29 is 10.2 Å². The van der Waals surface area contributed by atoms with Gasteiger partial charge in [-0.15, -0.1) is 0 Å². The highest BCUT2D eigenvalue weighted by atomic mass is 35.5. The topological polar surface area (TPSA) is 52.5 Å². The average Bonchev–Trinajstić information content (AvgIpc) is 2.23. The van der Waals surface area contributed by atoms with Crippen LogP contribution in [0.1, 0.15) is 25.8 Å². The zero-order valence-electron chi connectivity index (χ0n) is 10.6. The first-order chi connectivity index (χ1) is 8.40. The van der Waals surface area contributed by atoms with E-state index in [-0.39, 0.29) is 16.9 Å². The summed E-state index contributed by atoms with van der Waals surface area (Å²) in [4.78, 5) is 0. The van der Waals surface area contributed by atoms with Crippen LogP contribution in [-0.2, 0) is 6.54 Å². The number of phenols is 1. The SMILES string of the molecule is CC(C)CC(O)CNCc1cc(Cl)cc(Cl)c1O. The normalized spacial score (nSPS) is 13.0. The van der Waals surface area contributed by atoms with Gasteiger partial charge in [0.15, 0.2) is 0 Å². The number of aromatic hydroxyl groups is 1. The van der Waals surface area contributed by atoms with Gasteiger partial charge in [0, 0.05) is 23.7 Å². The number of halogens is 2. The standard InChI is InChI=1S/C13H19Cl2NO2/c1-8(2)3-11(17)7-16-6-9-4-10(14)5-12(15)13(9)18/h4-5,8,11,16-18H,3,6-7H2,1-2H3. The van der Waals surface area contributed by atoms with E-state index in [0.29, 0.717) is 29.6 Å². The van der Waals surface area contributed by atoms with Crippen molar-refractivity contribution in [2.24, 2.45) is 5.92 Å². The summed E-state index contributed by atoms with van der Waals surface area (Å²) in [7, 11) is 0. The maximum atomic E-state index is 9.74. The van der Waals surface area contributed by atoms with Crippen molar-refractivity contribution in [3.8, 4) is 5.75 Å². The lowest BCUT2D eigenvalue weighted by atomic mass is 10.1. The van der Waals surface area contributed by atoms with Crippen LogP contribution in [0, 0.1) is 5.92 Å². The lowest BCUT2D eigenvalue weighted by Gasteiger charge is -2.14. The molecule has 102 valence electrons. The number of phenolic OH excluding ortho intramolecular Hbond substituents is 1. The Morgan fingerprint density at radius 3 is 2.56 bits per heavy atom. The molecule has 1 aromatic rings. The molecule has 1 aromatic carbocycles. The summed E-state index contributed by atoms with van der Waals surface area (Å²) in [5.41, 5.74) is 0.629. The Hall–Kier alpha value is -0.480. The van der Waals surface area contributed by atoms with E-state index in [4.69, 9.17) is 23.2 Å². The van der Waals surface area contributed by atoms with Gasteiger partial charge in [-0.25, -0.2) is 0 Å². The van der Waals surface area contributed by atoms with Crippen LogP contribution in [0.25, 0.3) is 0 Å². The molecule has 0 saturated carbocycles. The summed E-state index contributed by atoms with van der Waals surface area (Å²) in [6.07, 6.45) is 0.358. The molecule has 0 radical (unpaired) electrons. The minimum Gasteiger partial charge on any atom is -0.506 e. The number of aliphatic hydroxyl groups excluding tert-OH is 1. The van der Waals surface area contributed by atoms with Crippen LogP contribution >= 0.6 is 23.2 Å². The van der Waals surface area contributed by atoms with Crippen LogP contribution in [0.15, 0.2) is 12.1 Å². The third-order valence-corrected chi connectivity index (χ3v) is 3.05. The Bertz CT molecular complexity index is 397. The summed E-state index contributed by atoms with van der Waals surface area (Å²) in [6.45, 7) is 5.01. The molecule has 0 amide bonds. The van der Waals surface area contributed by atoms with E-state index in [1.54, 1.807) is 6.07 Å². The van der Waals surface area contributed by atoms with E-state index in [0.717, 1.165) is 6.42 Å². The third kappa shape index (κ3) is 5.02. The van der Waals surface area contributed by atoms with Gasteiger partial charge in [-0.1, -0.05) is 37.0 Å². The molecule has 0 saturated heterocycles. The van der Waals surface area contributed by atoms with Crippen LogP contribution < -0.4 is 5.32 Å². The van der Waals surface area contributed by atoms with Gasteiger partial charge in [-0.3, -0.25) is 0 Å². The van der Waals surface area contributed by atoms with E-state index in [1.165, 1.54) is 6.07 Å². The Morgan fingerprint density at radius 2 is 1.94 bits per heavy atom. The van der Waals surface area contributed by atoms with Crippen molar-refractivity contribution in [2.45, 2.75) is 32.9 Å². The molecule has 0 spiro atoms. The van der Waals surface area contributed by atoms with Crippen molar-refractivity contribution in [2.75, 3.05) is 6.54 Å². The molecular formula is C13H19Cl2NO2. The second-order valence-electron chi connectivity index (χ2n) is 4.81. The minimum absolute atomic E-state index is 0.0342. The lowest BCUT2D eigenvalue weighted by Crippen LogP contribution is -2.27. The zero-order chi connectivity index (χ0) is 13.7. The van der Waals surface area contributed by atoms with Gasteiger partial charge in [0.1, 0.15) is 5.75 Å². The van der Waals surface area contributed by atoms with Crippen LogP contribution in [0.5, 0.6) is 5.75 Å². The molecule has 0 aliphatic rings. The third-order valence-electron chi connectivity index (χ3n) is 2.55. The molecule has 0 aliphatic heterocycles. The van der Waals surface area contributed by atoms with E-state index in [2.05, 4.69) is 19.2 Å². The maximum Gasteiger partial charge on any atom is 0.138 e. The molecule has 0 heterocycles. The maximum absolute atomic E-state index is 9.74. The molecule has 3 nitrogen and oxygen atoms in total. The fourth-order valence-corrected chi connectivity index (χ4v) is 2.29. The van der Waals surface area contributed by atoms with Gasteiger partial charge in [0.25, 0.3) is 0 Å². The zero-order valence-corrected chi connectivity index (χ0v) is 12.1. The summed E-state index contributed by atoms with van der Waals surface area (Å²) < 4.78 is 0. The number of benzene rings is 1. The molecule has 3 N–H and O–H groups in total. The first-order valence-corrected chi connectivity index (χ1v) is 6.71. The summed E-state index contributed by atoms with van der Waals surface area (Å²) in [5, 5.41) is 23.2. The van der Waals surface area contributed by atoms with Gasteiger partial charge < -0.3 is 15.5 Å². The van der Waals surface area contributed by atoms with Crippen molar-refractivity contribution >= 4 is 23.2 Å². The van der Waals surface area contributed by atoms with Crippen molar-refractivity contribution in [3.63, 3.8) is 0 Å². The fourth-order valence-electron chi connectivity index (χ4n) is 1.75. The molecule has 5 heteroatoms. The molecular weight excluding hydrogens is 273 g/mol. The smallest absolute Gasteiger partial charge is 0.138 e. The molecule has 18 heavy (non-hydrogen) atoms. The highest BCUT2D eigenvalue weighted by molar-refractivity contribution is 6.35. The molecule has 1 rings (SSSR count).